The molecule has 0 saturated carbocycles. The molecule has 0 aliphatic carbocycles. The second kappa shape index (κ2) is 10.9. The van der Waals surface area contributed by atoms with E-state index in [1.807, 2.05) is 41.0 Å². The molecule has 4 rings (SSSR count). The van der Waals surface area contributed by atoms with E-state index in [0.717, 1.165) is 23.6 Å². The quantitative estimate of drug-likeness (QED) is 0.377. The molecule has 1 amide bonds. The maximum absolute atomic E-state index is 12.6. The minimum atomic E-state index is -0.139. The van der Waals surface area contributed by atoms with Gasteiger partial charge in [-0.05, 0) is 29.8 Å². The summed E-state index contributed by atoms with van der Waals surface area (Å²) in [7, 11) is 1.64. The molecule has 172 valence electrons. The highest BCUT2D eigenvalue weighted by Gasteiger charge is 2.15. The first kappa shape index (κ1) is 22.7. The molecule has 1 aliphatic rings. The van der Waals surface area contributed by atoms with Crippen LogP contribution in [0.2, 0.25) is 0 Å². The number of nitrogens with zero attached hydrogens (tertiary/aromatic N) is 3. The number of ether oxygens (including phenoxy) is 3. The summed E-state index contributed by atoms with van der Waals surface area (Å²) in [6.07, 6.45) is 3.25. The number of hydrogen-bond donors (Lipinski definition) is 1. The lowest BCUT2D eigenvalue weighted by Crippen LogP contribution is -2.15. The first-order chi connectivity index (χ1) is 16.2. The van der Waals surface area contributed by atoms with E-state index in [4.69, 9.17) is 14.2 Å². The van der Waals surface area contributed by atoms with Gasteiger partial charge in [-0.2, -0.15) is 0 Å². The lowest BCUT2D eigenvalue weighted by Gasteiger charge is -2.11. The number of hydrogen-bond acceptors (Lipinski definition) is 7. The molecule has 0 fully saturated rings. The van der Waals surface area contributed by atoms with Crippen molar-refractivity contribution in [2.45, 2.75) is 24.5 Å². The molecule has 2 aromatic carbocycles. The number of rotatable bonds is 9. The summed E-state index contributed by atoms with van der Waals surface area (Å²) in [5, 5.41) is 12.2. The van der Waals surface area contributed by atoms with E-state index in [9.17, 15) is 4.79 Å². The predicted molar refractivity (Wildman–Crippen MR) is 127 cm³/mol. The Morgan fingerprint density at radius 2 is 1.97 bits per heavy atom. The zero-order valence-electron chi connectivity index (χ0n) is 18.5. The molecule has 0 atom stereocenters. The number of carbonyl (C=O) groups excluding carboxylic acids is 1. The van der Waals surface area contributed by atoms with Crippen molar-refractivity contribution in [1.29, 1.82) is 0 Å². The standard InChI is InChI=1S/C24H26N4O4S/c1-3-11-28-22(14-17-5-8-19(30-2)9-6-17)26-27-24(28)33-16-23(29)25-18-7-10-20-21(15-18)32-13-4-12-31-20/h3,5-10,15H,1,4,11-14,16H2,2H3,(H,25,29). The lowest BCUT2D eigenvalue weighted by atomic mass is 10.1. The largest absolute Gasteiger partial charge is 0.497 e. The van der Waals surface area contributed by atoms with Crippen LogP contribution in [-0.4, -0.2) is 46.7 Å². The van der Waals surface area contributed by atoms with E-state index in [2.05, 4.69) is 22.1 Å². The van der Waals surface area contributed by atoms with Gasteiger partial charge in [-0.3, -0.25) is 4.79 Å². The molecule has 8 nitrogen and oxygen atoms in total. The van der Waals surface area contributed by atoms with Crippen molar-refractivity contribution in [2.24, 2.45) is 0 Å². The number of anilines is 1. The predicted octanol–water partition coefficient (Wildman–Crippen LogP) is 3.96. The van der Waals surface area contributed by atoms with Crippen molar-refractivity contribution in [1.82, 2.24) is 14.8 Å². The first-order valence-corrected chi connectivity index (χ1v) is 11.6. The molecule has 0 radical (unpaired) electrons. The summed E-state index contributed by atoms with van der Waals surface area (Å²) < 4.78 is 18.5. The zero-order valence-corrected chi connectivity index (χ0v) is 19.3. The summed E-state index contributed by atoms with van der Waals surface area (Å²) in [6.45, 7) is 5.62. The molecule has 0 bridgehead atoms. The summed E-state index contributed by atoms with van der Waals surface area (Å²) >= 11 is 1.34. The second-order valence-corrected chi connectivity index (χ2v) is 8.31. The zero-order chi connectivity index (χ0) is 23.0. The highest BCUT2D eigenvalue weighted by atomic mass is 32.2. The molecule has 3 aromatic rings. The Bertz CT molecular complexity index is 1110. The molecule has 33 heavy (non-hydrogen) atoms. The molecule has 1 N–H and O–H groups in total. The number of carbonyl (C=O) groups is 1. The Hall–Kier alpha value is -3.46. The Morgan fingerprint density at radius 3 is 2.73 bits per heavy atom. The van der Waals surface area contributed by atoms with Crippen LogP contribution in [0.3, 0.4) is 0 Å². The lowest BCUT2D eigenvalue weighted by molar-refractivity contribution is -0.113. The fourth-order valence-electron chi connectivity index (χ4n) is 3.36. The monoisotopic (exact) mass is 466 g/mol. The smallest absolute Gasteiger partial charge is 0.234 e. The van der Waals surface area contributed by atoms with Crippen LogP contribution >= 0.6 is 11.8 Å². The van der Waals surface area contributed by atoms with Crippen LogP contribution in [0.5, 0.6) is 17.2 Å². The fourth-order valence-corrected chi connectivity index (χ4v) is 4.13. The van der Waals surface area contributed by atoms with Crippen LogP contribution in [0.25, 0.3) is 0 Å². The van der Waals surface area contributed by atoms with Gasteiger partial charge in [0, 0.05) is 31.1 Å². The molecular weight excluding hydrogens is 440 g/mol. The molecule has 0 saturated heterocycles. The molecular formula is C24H26N4O4S. The van der Waals surface area contributed by atoms with Crippen molar-refractivity contribution >= 4 is 23.4 Å². The van der Waals surface area contributed by atoms with Crippen molar-refractivity contribution < 1.29 is 19.0 Å². The summed E-state index contributed by atoms with van der Waals surface area (Å²) in [5.41, 5.74) is 1.76. The number of methoxy groups -OCH3 is 1. The number of thioether (sulfide) groups is 1. The van der Waals surface area contributed by atoms with Gasteiger partial charge in [0.15, 0.2) is 16.7 Å². The van der Waals surface area contributed by atoms with Gasteiger partial charge in [0.1, 0.15) is 11.6 Å². The van der Waals surface area contributed by atoms with Crippen LogP contribution in [0.4, 0.5) is 5.69 Å². The van der Waals surface area contributed by atoms with Crippen LogP contribution in [0, 0.1) is 0 Å². The van der Waals surface area contributed by atoms with Crippen molar-refractivity contribution in [3.05, 3.63) is 66.5 Å². The van der Waals surface area contributed by atoms with E-state index < -0.39 is 0 Å². The fraction of sp³-hybridized carbons (Fsp3) is 0.292. The van der Waals surface area contributed by atoms with Gasteiger partial charge in [0.2, 0.25) is 5.91 Å². The first-order valence-electron chi connectivity index (χ1n) is 10.6. The molecule has 0 spiro atoms. The third-order valence-corrected chi connectivity index (χ3v) is 5.96. The van der Waals surface area contributed by atoms with E-state index in [1.165, 1.54) is 11.8 Å². The summed E-state index contributed by atoms with van der Waals surface area (Å²) in [4.78, 5) is 12.6. The van der Waals surface area contributed by atoms with E-state index in [-0.39, 0.29) is 11.7 Å². The minimum Gasteiger partial charge on any atom is -0.497 e. The van der Waals surface area contributed by atoms with E-state index in [0.29, 0.717) is 48.5 Å². The van der Waals surface area contributed by atoms with Gasteiger partial charge < -0.3 is 24.1 Å². The molecule has 0 unspecified atom stereocenters. The molecule has 1 aromatic heterocycles. The Kier molecular flexibility index (Phi) is 7.51. The number of benzene rings is 2. The molecule has 1 aliphatic heterocycles. The SMILES string of the molecule is C=CCn1c(Cc2ccc(OC)cc2)nnc1SCC(=O)Nc1ccc2c(c1)OCCCO2. The second-order valence-electron chi connectivity index (χ2n) is 7.37. The topological polar surface area (TPSA) is 87.5 Å². The highest BCUT2D eigenvalue weighted by molar-refractivity contribution is 7.99. The van der Waals surface area contributed by atoms with Crippen LogP contribution in [0.1, 0.15) is 17.8 Å². The van der Waals surface area contributed by atoms with Crippen LogP contribution in [0.15, 0.2) is 60.3 Å². The minimum absolute atomic E-state index is 0.139. The average molecular weight is 467 g/mol. The Labute approximate surface area is 197 Å². The van der Waals surface area contributed by atoms with Crippen LogP contribution in [-0.2, 0) is 17.8 Å². The van der Waals surface area contributed by atoms with Gasteiger partial charge in [0.25, 0.3) is 0 Å². The number of aromatic nitrogens is 3. The third kappa shape index (κ3) is 5.87. The number of nitrogens with one attached hydrogen (secondary N) is 1. The van der Waals surface area contributed by atoms with Gasteiger partial charge >= 0.3 is 0 Å². The third-order valence-electron chi connectivity index (χ3n) is 4.99. The summed E-state index contributed by atoms with van der Waals surface area (Å²) in [5.74, 6) is 3.02. The normalized spacial score (nSPS) is 12.6. The highest BCUT2D eigenvalue weighted by Crippen LogP contribution is 2.32. The molecule has 2 heterocycles. The Morgan fingerprint density at radius 1 is 1.18 bits per heavy atom. The van der Waals surface area contributed by atoms with Gasteiger partial charge in [0.05, 0.1) is 26.1 Å². The average Bonchev–Trinajstić information content (AvgIpc) is 3.04. The van der Waals surface area contributed by atoms with Crippen molar-refractivity contribution in [2.75, 3.05) is 31.4 Å². The van der Waals surface area contributed by atoms with Gasteiger partial charge in [-0.1, -0.05) is 30.0 Å². The van der Waals surface area contributed by atoms with Gasteiger partial charge in [-0.15, -0.1) is 16.8 Å². The number of fused-ring (bicyclic) bond motifs is 1. The van der Waals surface area contributed by atoms with Crippen molar-refractivity contribution in [3.8, 4) is 17.2 Å². The maximum atomic E-state index is 12.6. The molecule has 9 heteroatoms. The number of allylic oxidation sites excluding steroid dienone is 1. The summed E-state index contributed by atoms with van der Waals surface area (Å²) in [6, 6.07) is 13.3. The Balaban J connectivity index is 1.38. The van der Waals surface area contributed by atoms with Crippen LogP contribution < -0.4 is 19.5 Å². The number of amides is 1. The van der Waals surface area contributed by atoms with Gasteiger partial charge in [-0.25, -0.2) is 0 Å². The maximum Gasteiger partial charge on any atom is 0.234 e. The van der Waals surface area contributed by atoms with E-state index >= 15 is 0 Å². The van der Waals surface area contributed by atoms with E-state index in [1.54, 1.807) is 19.3 Å². The van der Waals surface area contributed by atoms with Crippen molar-refractivity contribution in [3.63, 3.8) is 0 Å².